The van der Waals surface area contributed by atoms with Crippen LogP contribution in [0.25, 0.3) is 0 Å². The van der Waals surface area contributed by atoms with Crippen LogP contribution in [0.4, 0.5) is 5.69 Å². The van der Waals surface area contributed by atoms with E-state index in [2.05, 4.69) is 33.1 Å². The largest absolute Gasteiger partial charge is 0.377 e. The summed E-state index contributed by atoms with van der Waals surface area (Å²) in [7, 11) is 1.55. The van der Waals surface area contributed by atoms with Crippen LogP contribution in [0, 0.1) is 3.57 Å². The van der Waals surface area contributed by atoms with E-state index < -0.39 is 0 Å². The van der Waals surface area contributed by atoms with Gasteiger partial charge in [-0.25, -0.2) is 0 Å². The van der Waals surface area contributed by atoms with Crippen molar-refractivity contribution in [2.45, 2.75) is 6.61 Å². The third-order valence-electron chi connectivity index (χ3n) is 2.20. The third kappa shape index (κ3) is 3.08. The molecule has 0 fully saturated rings. The number of nitrogens with one attached hydrogen (secondary N) is 1. The number of methoxy groups -OCH3 is 1. The Morgan fingerprint density at radius 2 is 2.28 bits per heavy atom. The molecule has 0 aliphatic heterocycles. The van der Waals surface area contributed by atoms with E-state index in [4.69, 9.17) is 9.26 Å². The molecule has 94 valence electrons. The number of hydrogen-bond acceptors (Lipinski definition) is 4. The molecule has 1 amide bonds. The van der Waals surface area contributed by atoms with Crippen LogP contribution >= 0.6 is 22.6 Å². The average molecular weight is 358 g/mol. The molecule has 0 saturated carbocycles. The maximum Gasteiger partial charge on any atom is 0.277 e. The van der Waals surface area contributed by atoms with E-state index in [1.165, 1.54) is 0 Å². The van der Waals surface area contributed by atoms with Gasteiger partial charge in [0, 0.05) is 16.7 Å². The van der Waals surface area contributed by atoms with Crippen molar-refractivity contribution in [3.63, 3.8) is 0 Å². The molecule has 1 aromatic heterocycles. The topological polar surface area (TPSA) is 64.4 Å². The average Bonchev–Trinajstić information content (AvgIpc) is 2.81. The van der Waals surface area contributed by atoms with Crippen LogP contribution in [0.5, 0.6) is 0 Å². The fourth-order valence-corrected chi connectivity index (χ4v) is 1.90. The van der Waals surface area contributed by atoms with Gasteiger partial charge >= 0.3 is 0 Å². The number of carbonyl (C=O) groups excluding carboxylic acids is 1. The van der Waals surface area contributed by atoms with Crippen molar-refractivity contribution in [3.05, 3.63) is 45.4 Å². The first-order valence-electron chi connectivity index (χ1n) is 5.21. The summed E-state index contributed by atoms with van der Waals surface area (Å²) in [6, 6.07) is 9.07. The number of benzene rings is 1. The molecule has 18 heavy (non-hydrogen) atoms. The number of hydrogen-bond donors (Lipinski definition) is 1. The van der Waals surface area contributed by atoms with Crippen LogP contribution in [-0.4, -0.2) is 18.2 Å². The second-order valence-electron chi connectivity index (χ2n) is 3.55. The van der Waals surface area contributed by atoms with Crippen molar-refractivity contribution in [3.8, 4) is 0 Å². The SMILES string of the molecule is COCc1cc(C(=O)Nc2ccccc2I)no1. The minimum Gasteiger partial charge on any atom is -0.377 e. The van der Waals surface area contributed by atoms with Crippen LogP contribution in [0.3, 0.4) is 0 Å². The lowest BCUT2D eigenvalue weighted by Gasteiger charge is -2.04. The first-order valence-corrected chi connectivity index (χ1v) is 6.29. The molecule has 1 aromatic carbocycles. The van der Waals surface area contributed by atoms with Gasteiger partial charge in [-0.2, -0.15) is 0 Å². The molecule has 2 rings (SSSR count). The Balaban J connectivity index is 2.10. The normalized spacial score (nSPS) is 10.3. The van der Waals surface area contributed by atoms with Crippen LogP contribution in [0.1, 0.15) is 16.2 Å². The monoisotopic (exact) mass is 358 g/mol. The maximum atomic E-state index is 11.9. The van der Waals surface area contributed by atoms with Crippen LogP contribution in [0.2, 0.25) is 0 Å². The van der Waals surface area contributed by atoms with Gasteiger partial charge in [-0.15, -0.1) is 0 Å². The zero-order valence-corrected chi connectivity index (χ0v) is 11.8. The summed E-state index contributed by atoms with van der Waals surface area (Å²) >= 11 is 2.15. The number of anilines is 1. The van der Waals surface area contributed by atoms with E-state index in [-0.39, 0.29) is 11.6 Å². The smallest absolute Gasteiger partial charge is 0.277 e. The van der Waals surface area contributed by atoms with Gasteiger partial charge in [-0.1, -0.05) is 17.3 Å². The highest BCUT2D eigenvalue weighted by Crippen LogP contribution is 2.18. The number of aromatic nitrogens is 1. The quantitative estimate of drug-likeness (QED) is 0.854. The number of para-hydroxylation sites is 1. The lowest BCUT2D eigenvalue weighted by atomic mass is 10.3. The predicted molar refractivity (Wildman–Crippen MR) is 74.3 cm³/mol. The van der Waals surface area contributed by atoms with Crippen molar-refractivity contribution in [1.82, 2.24) is 5.16 Å². The van der Waals surface area contributed by atoms with E-state index in [1.54, 1.807) is 13.2 Å². The number of halogens is 1. The molecule has 0 radical (unpaired) electrons. The van der Waals surface area contributed by atoms with Gasteiger partial charge in [-0.05, 0) is 34.7 Å². The van der Waals surface area contributed by atoms with Crippen molar-refractivity contribution in [2.24, 2.45) is 0 Å². The summed E-state index contributed by atoms with van der Waals surface area (Å²) in [5, 5.41) is 6.46. The zero-order chi connectivity index (χ0) is 13.0. The molecule has 2 aromatic rings. The summed E-state index contributed by atoms with van der Waals surface area (Å²) in [4.78, 5) is 11.9. The molecule has 0 aliphatic carbocycles. The summed E-state index contributed by atoms with van der Waals surface area (Å²) in [6.07, 6.45) is 0. The van der Waals surface area contributed by atoms with E-state index in [0.717, 1.165) is 9.26 Å². The standard InChI is InChI=1S/C12H11IN2O3/c1-17-7-8-6-11(15-18-8)12(16)14-10-5-3-2-4-9(10)13/h2-6H,7H2,1H3,(H,14,16). The molecule has 0 unspecified atom stereocenters. The Hall–Kier alpha value is -1.41. The molecule has 1 heterocycles. The van der Waals surface area contributed by atoms with Crippen molar-refractivity contribution in [2.75, 3.05) is 12.4 Å². The summed E-state index contributed by atoms with van der Waals surface area (Å²) < 4.78 is 10.8. The second kappa shape index (κ2) is 5.96. The van der Waals surface area contributed by atoms with E-state index in [0.29, 0.717) is 12.4 Å². The number of nitrogens with zero attached hydrogens (tertiary/aromatic N) is 1. The van der Waals surface area contributed by atoms with Gasteiger partial charge in [-0.3, -0.25) is 4.79 Å². The van der Waals surface area contributed by atoms with Crippen LogP contribution < -0.4 is 5.32 Å². The van der Waals surface area contributed by atoms with Gasteiger partial charge in [0.2, 0.25) is 0 Å². The Kier molecular flexibility index (Phi) is 4.32. The summed E-state index contributed by atoms with van der Waals surface area (Å²) in [5.74, 6) is 0.218. The van der Waals surface area contributed by atoms with Gasteiger partial charge in [0.05, 0.1) is 5.69 Å². The van der Waals surface area contributed by atoms with Crippen LogP contribution in [-0.2, 0) is 11.3 Å². The fourth-order valence-electron chi connectivity index (χ4n) is 1.38. The molecule has 5 nitrogen and oxygen atoms in total. The Labute approximate surface area is 118 Å². The predicted octanol–water partition coefficient (Wildman–Crippen LogP) is 2.68. The lowest BCUT2D eigenvalue weighted by molar-refractivity contribution is 0.101. The molecule has 0 spiro atoms. The number of ether oxygens (including phenoxy) is 1. The minimum atomic E-state index is -0.301. The minimum absolute atomic E-state index is 0.238. The molecule has 0 atom stereocenters. The molecule has 6 heteroatoms. The van der Waals surface area contributed by atoms with Crippen LogP contribution in [0.15, 0.2) is 34.9 Å². The van der Waals surface area contributed by atoms with Crippen molar-refractivity contribution >= 4 is 34.2 Å². The molecular weight excluding hydrogens is 347 g/mol. The molecule has 0 saturated heterocycles. The number of carbonyl (C=O) groups is 1. The molecule has 0 bridgehead atoms. The summed E-state index contributed by atoms with van der Waals surface area (Å²) in [6.45, 7) is 0.295. The Morgan fingerprint density at radius 1 is 1.50 bits per heavy atom. The molecular formula is C12H11IN2O3. The van der Waals surface area contributed by atoms with Gasteiger partial charge in [0.1, 0.15) is 6.61 Å². The molecule has 0 aliphatic rings. The van der Waals surface area contributed by atoms with Crippen molar-refractivity contribution in [1.29, 1.82) is 0 Å². The van der Waals surface area contributed by atoms with E-state index >= 15 is 0 Å². The zero-order valence-electron chi connectivity index (χ0n) is 9.64. The van der Waals surface area contributed by atoms with Gasteiger partial charge < -0.3 is 14.6 Å². The van der Waals surface area contributed by atoms with E-state index in [9.17, 15) is 4.79 Å². The Bertz CT molecular complexity index is 554. The number of amides is 1. The molecule has 1 N–H and O–H groups in total. The van der Waals surface area contributed by atoms with Crippen molar-refractivity contribution < 1.29 is 14.1 Å². The van der Waals surface area contributed by atoms with Gasteiger partial charge in [0.15, 0.2) is 11.5 Å². The van der Waals surface area contributed by atoms with E-state index in [1.807, 2.05) is 24.3 Å². The highest BCUT2D eigenvalue weighted by Gasteiger charge is 2.13. The maximum absolute atomic E-state index is 11.9. The highest BCUT2D eigenvalue weighted by molar-refractivity contribution is 14.1. The first kappa shape index (κ1) is 13.0. The Morgan fingerprint density at radius 3 is 3.00 bits per heavy atom. The number of rotatable bonds is 4. The first-order chi connectivity index (χ1) is 8.70. The fraction of sp³-hybridized carbons (Fsp3) is 0.167. The summed E-state index contributed by atoms with van der Waals surface area (Å²) in [5.41, 5.74) is 0.987. The highest BCUT2D eigenvalue weighted by atomic mass is 127. The second-order valence-corrected chi connectivity index (χ2v) is 4.71. The van der Waals surface area contributed by atoms with Gasteiger partial charge in [0.25, 0.3) is 5.91 Å². The lowest BCUT2D eigenvalue weighted by Crippen LogP contribution is -2.13. The third-order valence-corrected chi connectivity index (χ3v) is 3.14.